The van der Waals surface area contributed by atoms with E-state index >= 15 is 0 Å². The van der Waals surface area contributed by atoms with E-state index in [0.29, 0.717) is 18.5 Å². The van der Waals surface area contributed by atoms with Gasteiger partial charge in [0.2, 0.25) is 11.8 Å². The molecule has 0 aliphatic carbocycles. The van der Waals surface area contributed by atoms with Crippen molar-refractivity contribution in [1.29, 1.82) is 0 Å². The lowest BCUT2D eigenvalue weighted by atomic mass is 9.92. The molecule has 0 aromatic carbocycles. The van der Waals surface area contributed by atoms with Gasteiger partial charge in [0.05, 0.1) is 7.11 Å². The van der Waals surface area contributed by atoms with Crippen LogP contribution in [0.3, 0.4) is 0 Å². The molecule has 1 saturated heterocycles. The average molecular weight is 263 g/mol. The third-order valence-corrected chi connectivity index (χ3v) is 3.47. The van der Waals surface area contributed by atoms with Gasteiger partial charge in [0, 0.05) is 30.8 Å². The molecule has 1 aliphatic heterocycles. The normalized spacial score (nSPS) is 22.8. The molecule has 2 atom stereocenters. The Balaban J connectivity index is 1.85. The van der Waals surface area contributed by atoms with Crippen LogP contribution in [0.4, 0.5) is 0 Å². The zero-order valence-electron chi connectivity index (χ0n) is 11.5. The molecule has 19 heavy (non-hydrogen) atoms. The molecule has 0 bridgehead atoms. The minimum absolute atomic E-state index is 0.125. The van der Waals surface area contributed by atoms with Crippen LogP contribution in [0.1, 0.15) is 25.3 Å². The Bertz CT molecular complexity index is 436. The highest BCUT2D eigenvalue weighted by Gasteiger charge is 2.24. The Labute approximate surface area is 113 Å². The van der Waals surface area contributed by atoms with E-state index in [-0.39, 0.29) is 11.8 Å². The Morgan fingerprint density at radius 2 is 2.47 bits per heavy atom. The van der Waals surface area contributed by atoms with Gasteiger partial charge < -0.3 is 15.4 Å². The van der Waals surface area contributed by atoms with Gasteiger partial charge in [-0.15, -0.1) is 0 Å². The second-order valence-corrected chi connectivity index (χ2v) is 5.00. The van der Waals surface area contributed by atoms with Crippen molar-refractivity contribution >= 4 is 5.91 Å². The van der Waals surface area contributed by atoms with Gasteiger partial charge >= 0.3 is 0 Å². The van der Waals surface area contributed by atoms with Crippen LogP contribution in [0.15, 0.2) is 18.3 Å². The Morgan fingerprint density at radius 3 is 3.21 bits per heavy atom. The van der Waals surface area contributed by atoms with Crippen molar-refractivity contribution in [1.82, 2.24) is 15.6 Å². The Kier molecular flexibility index (Phi) is 4.74. The molecule has 0 spiro atoms. The third-order valence-electron chi connectivity index (χ3n) is 3.47. The number of pyridine rings is 1. The summed E-state index contributed by atoms with van der Waals surface area (Å²) in [5.74, 6) is 0.839. The molecule has 5 heteroatoms. The maximum absolute atomic E-state index is 12.1. The van der Waals surface area contributed by atoms with Crippen molar-refractivity contribution in [3.05, 3.63) is 23.9 Å². The number of carbonyl (C=O) groups is 1. The van der Waals surface area contributed by atoms with Crippen molar-refractivity contribution < 1.29 is 9.53 Å². The van der Waals surface area contributed by atoms with E-state index in [1.54, 1.807) is 13.3 Å². The number of methoxy groups -OCH3 is 1. The summed E-state index contributed by atoms with van der Waals surface area (Å²) in [4.78, 5) is 16.1. The standard InChI is InChI=1S/C14H21N3O2/c1-10-7-12(4-6-15-10)14(18)17-9-11-3-5-16-13(8-11)19-2/h3,5,8,10,12,15H,4,6-7,9H2,1-2H3,(H,17,18). The van der Waals surface area contributed by atoms with E-state index < -0.39 is 0 Å². The molecule has 2 heterocycles. The first-order valence-electron chi connectivity index (χ1n) is 6.69. The largest absolute Gasteiger partial charge is 0.481 e. The van der Waals surface area contributed by atoms with Crippen LogP contribution < -0.4 is 15.4 Å². The van der Waals surface area contributed by atoms with Crippen molar-refractivity contribution in [3.8, 4) is 5.88 Å². The molecule has 0 radical (unpaired) electrons. The number of nitrogens with zero attached hydrogens (tertiary/aromatic N) is 1. The van der Waals surface area contributed by atoms with Crippen LogP contribution in [0.2, 0.25) is 0 Å². The van der Waals surface area contributed by atoms with Gasteiger partial charge in [-0.1, -0.05) is 0 Å². The predicted octanol–water partition coefficient (Wildman–Crippen LogP) is 1.09. The third kappa shape index (κ3) is 3.92. The van der Waals surface area contributed by atoms with Crippen LogP contribution in [0.25, 0.3) is 0 Å². The number of amides is 1. The minimum atomic E-state index is 0.125. The second kappa shape index (κ2) is 6.52. The topological polar surface area (TPSA) is 63.2 Å². The maximum Gasteiger partial charge on any atom is 0.223 e. The first kappa shape index (κ1) is 13.8. The van der Waals surface area contributed by atoms with Crippen LogP contribution in [0.5, 0.6) is 5.88 Å². The van der Waals surface area contributed by atoms with Gasteiger partial charge in [-0.2, -0.15) is 0 Å². The van der Waals surface area contributed by atoms with Crippen LogP contribution in [-0.2, 0) is 11.3 Å². The molecular formula is C14H21N3O2. The van der Waals surface area contributed by atoms with Crippen LogP contribution >= 0.6 is 0 Å². The molecule has 0 saturated carbocycles. The summed E-state index contributed by atoms with van der Waals surface area (Å²) in [6.07, 6.45) is 3.51. The fourth-order valence-electron chi connectivity index (χ4n) is 2.38. The molecule has 2 N–H and O–H groups in total. The molecule has 2 unspecified atom stereocenters. The summed E-state index contributed by atoms with van der Waals surface area (Å²) in [6.45, 7) is 3.56. The number of carbonyl (C=O) groups excluding carboxylic acids is 1. The number of rotatable bonds is 4. The average Bonchev–Trinajstić information content (AvgIpc) is 2.45. The van der Waals surface area contributed by atoms with Gasteiger partial charge in [0.25, 0.3) is 0 Å². The van der Waals surface area contributed by atoms with Gasteiger partial charge in [-0.25, -0.2) is 4.98 Å². The molecule has 1 fully saturated rings. The van der Waals surface area contributed by atoms with Crippen molar-refractivity contribution in [3.63, 3.8) is 0 Å². The summed E-state index contributed by atoms with van der Waals surface area (Å²) >= 11 is 0. The fourth-order valence-corrected chi connectivity index (χ4v) is 2.38. The molecule has 1 aromatic rings. The van der Waals surface area contributed by atoms with Crippen molar-refractivity contribution in [2.75, 3.05) is 13.7 Å². The number of piperidine rings is 1. The van der Waals surface area contributed by atoms with E-state index in [4.69, 9.17) is 4.74 Å². The lowest BCUT2D eigenvalue weighted by molar-refractivity contribution is -0.126. The monoisotopic (exact) mass is 263 g/mol. The molecule has 2 rings (SSSR count). The Hall–Kier alpha value is -1.62. The number of hydrogen-bond acceptors (Lipinski definition) is 4. The van der Waals surface area contributed by atoms with Gasteiger partial charge in [-0.05, 0) is 37.9 Å². The summed E-state index contributed by atoms with van der Waals surface area (Å²) in [5, 5.41) is 6.34. The summed E-state index contributed by atoms with van der Waals surface area (Å²) in [7, 11) is 1.58. The summed E-state index contributed by atoms with van der Waals surface area (Å²) in [6, 6.07) is 4.14. The van der Waals surface area contributed by atoms with Gasteiger partial charge in [-0.3, -0.25) is 4.79 Å². The Morgan fingerprint density at radius 1 is 1.63 bits per heavy atom. The maximum atomic E-state index is 12.1. The molecule has 1 aromatic heterocycles. The number of ether oxygens (including phenoxy) is 1. The van der Waals surface area contributed by atoms with E-state index in [0.717, 1.165) is 24.9 Å². The summed E-state index contributed by atoms with van der Waals surface area (Å²) < 4.78 is 5.06. The minimum Gasteiger partial charge on any atom is -0.481 e. The van der Waals surface area contributed by atoms with Crippen LogP contribution in [-0.4, -0.2) is 30.6 Å². The number of hydrogen-bond donors (Lipinski definition) is 2. The zero-order valence-corrected chi connectivity index (χ0v) is 11.5. The molecule has 1 amide bonds. The highest BCUT2D eigenvalue weighted by Crippen LogP contribution is 2.16. The fraction of sp³-hybridized carbons (Fsp3) is 0.571. The number of aromatic nitrogens is 1. The van der Waals surface area contributed by atoms with E-state index in [9.17, 15) is 4.79 Å². The lowest BCUT2D eigenvalue weighted by Gasteiger charge is -2.27. The van der Waals surface area contributed by atoms with E-state index in [1.165, 1.54) is 0 Å². The van der Waals surface area contributed by atoms with Crippen LogP contribution in [0, 0.1) is 5.92 Å². The molecule has 1 aliphatic rings. The first-order valence-corrected chi connectivity index (χ1v) is 6.69. The quantitative estimate of drug-likeness (QED) is 0.853. The van der Waals surface area contributed by atoms with E-state index in [2.05, 4.69) is 22.5 Å². The van der Waals surface area contributed by atoms with Gasteiger partial charge in [0.15, 0.2) is 0 Å². The SMILES string of the molecule is COc1cc(CNC(=O)C2CCNC(C)C2)ccn1. The first-order chi connectivity index (χ1) is 9.19. The summed E-state index contributed by atoms with van der Waals surface area (Å²) in [5.41, 5.74) is 1.00. The smallest absolute Gasteiger partial charge is 0.223 e. The molecule has 104 valence electrons. The molecule has 5 nitrogen and oxygen atoms in total. The predicted molar refractivity (Wildman–Crippen MR) is 72.8 cm³/mol. The number of nitrogens with one attached hydrogen (secondary N) is 2. The van der Waals surface area contributed by atoms with Crippen molar-refractivity contribution in [2.24, 2.45) is 5.92 Å². The lowest BCUT2D eigenvalue weighted by Crippen LogP contribution is -2.42. The molecular weight excluding hydrogens is 242 g/mol. The zero-order chi connectivity index (χ0) is 13.7. The second-order valence-electron chi connectivity index (χ2n) is 5.00. The highest BCUT2D eigenvalue weighted by atomic mass is 16.5. The van der Waals surface area contributed by atoms with Gasteiger partial charge in [0.1, 0.15) is 0 Å². The van der Waals surface area contributed by atoms with E-state index in [1.807, 2.05) is 12.1 Å². The highest BCUT2D eigenvalue weighted by molar-refractivity contribution is 5.78. The van der Waals surface area contributed by atoms with Crippen molar-refractivity contribution in [2.45, 2.75) is 32.4 Å².